The highest BCUT2D eigenvalue weighted by molar-refractivity contribution is 5.80. The van der Waals surface area contributed by atoms with Gasteiger partial charge in [-0.15, -0.1) is 0 Å². The summed E-state index contributed by atoms with van der Waals surface area (Å²) in [5, 5.41) is 20.8. The number of carboxylic acids is 1. The minimum atomic E-state index is -1.34. The number of carbonyl (C=O) groups is 1. The van der Waals surface area contributed by atoms with Crippen molar-refractivity contribution in [2.75, 3.05) is 0 Å². The van der Waals surface area contributed by atoms with E-state index in [1.165, 1.54) is 6.07 Å². The number of nitro benzene ring substituents is 1. The lowest BCUT2D eigenvalue weighted by molar-refractivity contribution is -0.386. The van der Waals surface area contributed by atoms with Crippen molar-refractivity contribution in [3.05, 3.63) is 33.9 Å². The second-order valence-corrected chi connectivity index (χ2v) is 6.08. The molecule has 0 amide bonds. The number of nitrogens with zero attached hydrogens (tertiary/aromatic N) is 1. The average Bonchev–Trinajstić information content (AvgIpc) is 2.42. The van der Waals surface area contributed by atoms with Crippen molar-refractivity contribution in [1.82, 2.24) is 0 Å². The lowest BCUT2D eigenvalue weighted by Crippen LogP contribution is -2.58. The third-order valence-corrected chi connectivity index (χ3v) is 4.52. The highest BCUT2D eigenvalue weighted by atomic mass is 16.6. The fourth-order valence-corrected chi connectivity index (χ4v) is 2.92. The Morgan fingerprint density at radius 1 is 1.55 bits per heavy atom. The molecule has 1 aliphatic carbocycles. The van der Waals surface area contributed by atoms with Crippen LogP contribution >= 0.6 is 0 Å². The van der Waals surface area contributed by atoms with Gasteiger partial charge < -0.3 is 9.84 Å². The van der Waals surface area contributed by atoms with Crippen molar-refractivity contribution in [3.8, 4) is 5.75 Å². The number of hydrogen-bond donors (Lipinski definition) is 1. The average molecular weight is 307 g/mol. The third kappa shape index (κ3) is 2.65. The van der Waals surface area contributed by atoms with Crippen LogP contribution in [0, 0.1) is 16.0 Å². The first kappa shape index (κ1) is 16.3. The normalized spacial score (nSPS) is 23.9. The van der Waals surface area contributed by atoms with E-state index in [-0.39, 0.29) is 23.3 Å². The van der Waals surface area contributed by atoms with Gasteiger partial charge in [-0.2, -0.15) is 0 Å². The number of ether oxygens (including phenoxy) is 1. The van der Waals surface area contributed by atoms with E-state index in [0.717, 1.165) is 12.0 Å². The quantitative estimate of drug-likeness (QED) is 0.638. The Morgan fingerprint density at radius 3 is 2.64 bits per heavy atom. The predicted octanol–water partition coefficient (Wildman–Crippen LogP) is 3.74. The lowest BCUT2D eigenvalue weighted by atomic mass is 9.68. The molecule has 0 saturated heterocycles. The van der Waals surface area contributed by atoms with Gasteiger partial charge in [0.15, 0.2) is 5.75 Å². The molecule has 120 valence electrons. The fourth-order valence-electron chi connectivity index (χ4n) is 2.92. The topological polar surface area (TPSA) is 89.7 Å². The smallest absolute Gasteiger partial charge is 0.348 e. The Labute approximate surface area is 129 Å². The van der Waals surface area contributed by atoms with Gasteiger partial charge >= 0.3 is 11.7 Å². The molecule has 0 aliphatic heterocycles. The van der Waals surface area contributed by atoms with Crippen LogP contribution in [0.15, 0.2) is 18.2 Å². The summed E-state index contributed by atoms with van der Waals surface area (Å²) in [6, 6.07) is 4.67. The number of hydrogen-bond acceptors (Lipinski definition) is 4. The number of carboxylic acid groups (broad SMARTS) is 1. The van der Waals surface area contributed by atoms with Crippen molar-refractivity contribution >= 4 is 11.7 Å². The molecule has 0 spiro atoms. The molecule has 1 aromatic carbocycles. The summed E-state index contributed by atoms with van der Waals surface area (Å²) >= 11 is 0. The van der Waals surface area contributed by atoms with E-state index in [1.54, 1.807) is 12.1 Å². The van der Waals surface area contributed by atoms with Crippen molar-refractivity contribution < 1.29 is 19.6 Å². The summed E-state index contributed by atoms with van der Waals surface area (Å²) in [5.41, 5.74) is -0.643. The minimum absolute atomic E-state index is 0.0525. The number of nitro groups is 1. The molecule has 0 aromatic heterocycles. The van der Waals surface area contributed by atoms with E-state index in [2.05, 4.69) is 0 Å². The second-order valence-electron chi connectivity index (χ2n) is 6.08. The molecule has 6 heteroatoms. The molecule has 1 fully saturated rings. The minimum Gasteiger partial charge on any atom is -0.478 e. The molecule has 2 unspecified atom stereocenters. The molecule has 2 atom stereocenters. The van der Waals surface area contributed by atoms with Crippen LogP contribution < -0.4 is 4.74 Å². The molecule has 6 nitrogen and oxygen atoms in total. The molecule has 1 saturated carbocycles. The van der Waals surface area contributed by atoms with Gasteiger partial charge in [-0.3, -0.25) is 10.1 Å². The number of rotatable bonds is 6. The Bertz CT molecular complexity index is 596. The maximum Gasteiger partial charge on any atom is 0.348 e. The Hall–Kier alpha value is -2.11. The second kappa shape index (κ2) is 5.94. The molecule has 0 heterocycles. The SMILES string of the molecule is CCC1CCC1(Oc1cc(C(C)C)ccc1[N+](=O)[O-])C(=O)O. The summed E-state index contributed by atoms with van der Waals surface area (Å²) in [5.74, 6) is -0.939. The van der Waals surface area contributed by atoms with E-state index < -0.39 is 16.5 Å². The number of benzene rings is 1. The summed E-state index contributed by atoms with van der Waals surface area (Å²) in [6.45, 7) is 5.84. The molecular weight excluding hydrogens is 286 g/mol. The molecular formula is C16H21NO5. The van der Waals surface area contributed by atoms with Gasteiger partial charge in [0.25, 0.3) is 0 Å². The van der Waals surface area contributed by atoms with Crippen molar-refractivity contribution in [2.45, 2.75) is 51.6 Å². The zero-order valence-corrected chi connectivity index (χ0v) is 13.0. The van der Waals surface area contributed by atoms with Gasteiger partial charge in [0, 0.05) is 12.0 Å². The van der Waals surface area contributed by atoms with Crippen molar-refractivity contribution in [2.24, 2.45) is 5.92 Å². The van der Waals surface area contributed by atoms with E-state index in [1.807, 2.05) is 20.8 Å². The van der Waals surface area contributed by atoms with Crippen LogP contribution in [0.3, 0.4) is 0 Å². The van der Waals surface area contributed by atoms with E-state index in [4.69, 9.17) is 4.74 Å². The summed E-state index contributed by atoms with van der Waals surface area (Å²) in [6.07, 6.45) is 1.81. The molecule has 1 aromatic rings. The molecule has 2 rings (SSSR count). The first-order valence-corrected chi connectivity index (χ1v) is 7.52. The molecule has 22 heavy (non-hydrogen) atoms. The van der Waals surface area contributed by atoms with Crippen LogP contribution in [0.4, 0.5) is 5.69 Å². The summed E-state index contributed by atoms with van der Waals surface area (Å²) in [7, 11) is 0. The van der Waals surface area contributed by atoms with Crippen LogP contribution in [0.5, 0.6) is 5.75 Å². The maximum absolute atomic E-state index is 11.7. The van der Waals surface area contributed by atoms with Gasteiger partial charge in [0.2, 0.25) is 5.60 Å². The Kier molecular flexibility index (Phi) is 4.39. The van der Waals surface area contributed by atoms with Crippen LogP contribution in [0.25, 0.3) is 0 Å². The molecule has 1 N–H and O–H groups in total. The summed E-state index contributed by atoms with van der Waals surface area (Å²) in [4.78, 5) is 22.3. The van der Waals surface area contributed by atoms with Crippen LogP contribution in [0.1, 0.15) is 51.5 Å². The lowest BCUT2D eigenvalue weighted by Gasteiger charge is -2.45. The fraction of sp³-hybridized carbons (Fsp3) is 0.562. The maximum atomic E-state index is 11.7. The van der Waals surface area contributed by atoms with E-state index in [0.29, 0.717) is 12.8 Å². The number of aliphatic carboxylic acids is 1. The zero-order valence-electron chi connectivity index (χ0n) is 13.0. The van der Waals surface area contributed by atoms with E-state index in [9.17, 15) is 20.0 Å². The van der Waals surface area contributed by atoms with Crippen LogP contribution in [-0.4, -0.2) is 21.6 Å². The van der Waals surface area contributed by atoms with Gasteiger partial charge in [0.05, 0.1) is 4.92 Å². The summed E-state index contributed by atoms with van der Waals surface area (Å²) < 4.78 is 5.74. The van der Waals surface area contributed by atoms with Gasteiger partial charge in [-0.05, 0) is 36.8 Å². The molecule has 1 aliphatic rings. The predicted molar refractivity (Wildman–Crippen MR) is 81.2 cm³/mol. The van der Waals surface area contributed by atoms with Crippen molar-refractivity contribution in [1.29, 1.82) is 0 Å². The zero-order chi connectivity index (χ0) is 16.5. The van der Waals surface area contributed by atoms with Gasteiger partial charge in [0.1, 0.15) is 0 Å². The first-order chi connectivity index (χ1) is 10.3. The highest BCUT2D eigenvalue weighted by Gasteiger charge is 2.55. The van der Waals surface area contributed by atoms with E-state index >= 15 is 0 Å². The van der Waals surface area contributed by atoms with Crippen LogP contribution in [-0.2, 0) is 4.79 Å². The van der Waals surface area contributed by atoms with Crippen LogP contribution in [0.2, 0.25) is 0 Å². The Morgan fingerprint density at radius 2 is 2.23 bits per heavy atom. The van der Waals surface area contributed by atoms with Gasteiger partial charge in [-0.1, -0.05) is 26.8 Å². The standard InChI is InChI=1S/C16H21NO5/c1-4-12-7-8-16(12,15(18)19)22-14-9-11(10(2)3)5-6-13(14)17(20)21/h5-6,9-10,12H,4,7-8H2,1-3H3,(H,18,19). The van der Waals surface area contributed by atoms with Gasteiger partial charge in [-0.25, -0.2) is 4.79 Å². The molecule has 0 bridgehead atoms. The third-order valence-electron chi connectivity index (χ3n) is 4.52. The Balaban J connectivity index is 2.44. The molecule has 0 radical (unpaired) electrons. The monoisotopic (exact) mass is 307 g/mol. The first-order valence-electron chi connectivity index (χ1n) is 7.52. The highest BCUT2D eigenvalue weighted by Crippen LogP contribution is 2.46. The largest absolute Gasteiger partial charge is 0.478 e. The van der Waals surface area contributed by atoms with Crippen molar-refractivity contribution in [3.63, 3.8) is 0 Å².